The SMILES string of the molecule is COc1ccc(N)c(NC(=O)CC2CCCCO2)c1. The highest BCUT2D eigenvalue weighted by atomic mass is 16.5. The molecule has 0 aliphatic carbocycles. The van der Waals surface area contributed by atoms with Crippen LogP contribution in [0.1, 0.15) is 25.7 Å². The predicted molar refractivity (Wildman–Crippen MR) is 74.2 cm³/mol. The largest absolute Gasteiger partial charge is 0.497 e. The maximum absolute atomic E-state index is 11.9. The molecule has 19 heavy (non-hydrogen) atoms. The minimum absolute atomic E-state index is 0.0283. The van der Waals surface area contributed by atoms with Gasteiger partial charge in [-0.15, -0.1) is 0 Å². The molecule has 1 aromatic rings. The molecule has 1 atom stereocenters. The molecule has 1 aromatic carbocycles. The number of hydrogen-bond donors (Lipinski definition) is 2. The third-order valence-corrected chi connectivity index (χ3v) is 3.22. The fourth-order valence-electron chi connectivity index (χ4n) is 2.15. The number of nitrogens with two attached hydrogens (primary N) is 1. The molecule has 1 aliphatic rings. The van der Waals surface area contributed by atoms with Crippen LogP contribution in [0, 0.1) is 0 Å². The van der Waals surface area contributed by atoms with E-state index in [0.29, 0.717) is 23.5 Å². The lowest BCUT2D eigenvalue weighted by Crippen LogP contribution is -2.25. The molecule has 5 nitrogen and oxygen atoms in total. The van der Waals surface area contributed by atoms with Crippen molar-refractivity contribution in [2.24, 2.45) is 0 Å². The topological polar surface area (TPSA) is 73.6 Å². The van der Waals surface area contributed by atoms with Gasteiger partial charge in [0, 0.05) is 12.7 Å². The van der Waals surface area contributed by atoms with E-state index in [-0.39, 0.29) is 12.0 Å². The summed E-state index contributed by atoms with van der Waals surface area (Å²) in [7, 11) is 1.58. The van der Waals surface area contributed by atoms with Crippen molar-refractivity contribution < 1.29 is 14.3 Å². The summed E-state index contributed by atoms with van der Waals surface area (Å²) in [5.74, 6) is 0.588. The summed E-state index contributed by atoms with van der Waals surface area (Å²) in [5.41, 5.74) is 6.93. The highest BCUT2D eigenvalue weighted by molar-refractivity contribution is 5.94. The molecule has 1 aliphatic heterocycles. The maximum atomic E-state index is 11.9. The van der Waals surface area contributed by atoms with Gasteiger partial charge in [-0.3, -0.25) is 4.79 Å². The number of benzene rings is 1. The molecule has 104 valence electrons. The van der Waals surface area contributed by atoms with Crippen molar-refractivity contribution in [2.45, 2.75) is 31.8 Å². The van der Waals surface area contributed by atoms with Gasteiger partial charge in [0.15, 0.2) is 0 Å². The zero-order valence-electron chi connectivity index (χ0n) is 11.1. The maximum Gasteiger partial charge on any atom is 0.227 e. The average molecular weight is 264 g/mol. The van der Waals surface area contributed by atoms with Crippen molar-refractivity contribution in [3.63, 3.8) is 0 Å². The molecule has 1 heterocycles. The third-order valence-electron chi connectivity index (χ3n) is 3.22. The van der Waals surface area contributed by atoms with E-state index in [1.807, 2.05) is 0 Å². The van der Waals surface area contributed by atoms with E-state index in [9.17, 15) is 4.79 Å². The Kier molecular flexibility index (Phi) is 4.63. The molecule has 0 radical (unpaired) electrons. The van der Waals surface area contributed by atoms with Crippen LogP contribution in [0.25, 0.3) is 0 Å². The average Bonchev–Trinajstić information content (AvgIpc) is 2.42. The number of anilines is 2. The van der Waals surface area contributed by atoms with Gasteiger partial charge < -0.3 is 20.5 Å². The fraction of sp³-hybridized carbons (Fsp3) is 0.500. The molecule has 1 fully saturated rings. The number of carbonyl (C=O) groups is 1. The lowest BCUT2D eigenvalue weighted by atomic mass is 10.1. The zero-order valence-corrected chi connectivity index (χ0v) is 11.1. The first-order valence-electron chi connectivity index (χ1n) is 6.54. The van der Waals surface area contributed by atoms with Crippen molar-refractivity contribution in [3.05, 3.63) is 18.2 Å². The number of carbonyl (C=O) groups excluding carboxylic acids is 1. The second-order valence-corrected chi connectivity index (χ2v) is 4.69. The standard InChI is InChI=1S/C14H20N2O3/c1-18-10-5-6-12(15)13(8-10)16-14(17)9-11-4-2-3-7-19-11/h5-6,8,11H,2-4,7,9,15H2,1H3,(H,16,17). The van der Waals surface area contributed by atoms with E-state index in [0.717, 1.165) is 25.9 Å². The van der Waals surface area contributed by atoms with Gasteiger partial charge in [-0.1, -0.05) is 0 Å². The first-order chi connectivity index (χ1) is 9.19. The van der Waals surface area contributed by atoms with Gasteiger partial charge >= 0.3 is 0 Å². The first kappa shape index (κ1) is 13.7. The summed E-state index contributed by atoms with van der Waals surface area (Å²) in [6.45, 7) is 0.749. The Morgan fingerprint density at radius 2 is 2.37 bits per heavy atom. The van der Waals surface area contributed by atoms with E-state index in [2.05, 4.69) is 5.32 Å². The van der Waals surface area contributed by atoms with Gasteiger partial charge in [-0.2, -0.15) is 0 Å². The Labute approximate surface area is 113 Å². The van der Waals surface area contributed by atoms with Gasteiger partial charge in [0.2, 0.25) is 5.91 Å². The van der Waals surface area contributed by atoms with Crippen LogP contribution >= 0.6 is 0 Å². The fourth-order valence-corrected chi connectivity index (χ4v) is 2.15. The molecule has 2 rings (SSSR count). The lowest BCUT2D eigenvalue weighted by Gasteiger charge is -2.22. The Balaban J connectivity index is 1.94. The van der Waals surface area contributed by atoms with Crippen LogP contribution in [-0.4, -0.2) is 25.7 Å². The molecule has 0 aromatic heterocycles. The summed E-state index contributed by atoms with van der Waals surface area (Å²) in [4.78, 5) is 11.9. The van der Waals surface area contributed by atoms with Crippen LogP contribution in [-0.2, 0) is 9.53 Å². The minimum atomic E-state index is -0.0770. The quantitative estimate of drug-likeness (QED) is 0.817. The summed E-state index contributed by atoms with van der Waals surface area (Å²) < 4.78 is 10.7. The second-order valence-electron chi connectivity index (χ2n) is 4.69. The van der Waals surface area contributed by atoms with Crippen molar-refractivity contribution >= 4 is 17.3 Å². The van der Waals surface area contributed by atoms with Crippen LogP contribution in [0.4, 0.5) is 11.4 Å². The number of nitrogens with one attached hydrogen (secondary N) is 1. The summed E-state index contributed by atoms with van der Waals surface area (Å²) >= 11 is 0. The van der Waals surface area contributed by atoms with Gasteiger partial charge in [0.1, 0.15) is 5.75 Å². The van der Waals surface area contributed by atoms with Crippen LogP contribution in [0.2, 0.25) is 0 Å². The summed E-state index contributed by atoms with van der Waals surface area (Å²) in [6, 6.07) is 5.19. The van der Waals surface area contributed by atoms with Crippen molar-refractivity contribution in [2.75, 3.05) is 24.8 Å². The van der Waals surface area contributed by atoms with Crippen molar-refractivity contribution in [1.82, 2.24) is 0 Å². The van der Waals surface area contributed by atoms with Gasteiger partial charge in [-0.05, 0) is 31.4 Å². The molecule has 3 N–H and O–H groups in total. The Hall–Kier alpha value is -1.75. The van der Waals surface area contributed by atoms with Gasteiger partial charge in [-0.25, -0.2) is 0 Å². The highest BCUT2D eigenvalue weighted by Gasteiger charge is 2.18. The molecule has 1 amide bonds. The number of rotatable bonds is 4. The molecule has 0 bridgehead atoms. The highest BCUT2D eigenvalue weighted by Crippen LogP contribution is 2.25. The molecule has 0 saturated carbocycles. The second kappa shape index (κ2) is 6.43. The number of methoxy groups -OCH3 is 1. The first-order valence-corrected chi connectivity index (χ1v) is 6.54. The Morgan fingerprint density at radius 3 is 3.05 bits per heavy atom. The van der Waals surface area contributed by atoms with Crippen molar-refractivity contribution in [3.8, 4) is 5.75 Å². The molecular weight excluding hydrogens is 244 g/mol. The number of nitrogen functional groups attached to an aromatic ring is 1. The van der Waals surface area contributed by atoms with Gasteiger partial charge in [0.05, 0.1) is 31.0 Å². The third kappa shape index (κ3) is 3.86. The van der Waals surface area contributed by atoms with E-state index in [4.69, 9.17) is 15.2 Å². The monoisotopic (exact) mass is 264 g/mol. The number of hydrogen-bond acceptors (Lipinski definition) is 4. The van der Waals surface area contributed by atoms with E-state index in [1.54, 1.807) is 25.3 Å². The Bertz CT molecular complexity index is 442. The van der Waals surface area contributed by atoms with E-state index >= 15 is 0 Å². The lowest BCUT2D eigenvalue weighted by molar-refractivity contribution is -0.119. The number of amides is 1. The number of ether oxygens (including phenoxy) is 2. The normalized spacial score (nSPS) is 18.9. The van der Waals surface area contributed by atoms with Crippen LogP contribution in [0.3, 0.4) is 0 Å². The molecule has 1 unspecified atom stereocenters. The molecule has 5 heteroatoms. The summed E-state index contributed by atoms with van der Waals surface area (Å²) in [5, 5.41) is 2.81. The smallest absolute Gasteiger partial charge is 0.227 e. The zero-order chi connectivity index (χ0) is 13.7. The van der Waals surface area contributed by atoms with Crippen molar-refractivity contribution in [1.29, 1.82) is 0 Å². The molecule has 1 saturated heterocycles. The summed E-state index contributed by atoms with van der Waals surface area (Å²) in [6.07, 6.45) is 3.55. The van der Waals surface area contributed by atoms with Crippen LogP contribution < -0.4 is 15.8 Å². The van der Waals surface area contributed by atoms with Gasteiger partial charge in [0.25, 0.3) is 0 Å². The van der Waals surface area contributed by atoms with E-state index in [1.165, 1.54) is 0 Å². The molecular formula is C14H20N2O3. The van der Waals surface area contributed by atoms with E-state index < -0.39 is 0 Å². The van der Waals surface area contributed by atoms with Crippen LogP contribution in [0.15, 0.2) is 18.2 Å². The minimum Gasteiger partial charge on any atom is -0.497 e. The predicted octanol–water partition coefficient (Wildman–Crippen LogP) is 2.18. The molecule has 0 spiro atoms. The van der Waals surface area contributed by atoms with Crippen LogP contribution in [0.5, 0.6) is 5.75 Å². The Morgan fingerprint density at radius 1 is 1.53 bits per heavy atom.